The van der Waals surface area contributed by atoms with Gasteiger partial charge in [0.2, 0.25) is 0 Å². The number of anilines is 9. The van der Waals surface area contributed by atoms with Gasteiger partial charge in [-0.3, -0.25) is 0 Å². The monoisotopic (exact) mass is 1090 g/mol. The van der Waals surface area contributed by atoms with Gasteiger partial charge in [-0.1, -0.05) is 188 Å². The molecule has 0 radical (unpaired) electrons. The summed E-state index contributed by atoms with van der Waals surface area (Å²) in [5, 5.41) is 2.22. The summed E-state index contributed by atoms with van der Waals surface area (Å²) in [6.07, 6.45) is 2.32. The van der Waals surface area contributed by atoms with Crippen molar-refractivity contribution in [2.75, 3.05) is 14.7 Å². The highest BCUT2D eigenvalue weighted by Gasteiger charge is 2.49. The van der Waals surface area contributed by atoms with E-state index in [1.807, 2.05) is 0 Å². The minimum atomic E-state index is -0.258. The molecule has 0 fully saturated rings. The highest BCUT2D eigenvalue weighted by molar-refractivity contribution is 7.00. The Balaban J connectivity index is 1.10. The van der Waals surface area contributed by atoms with Crippen LogP contribution in [0.2, 0.25) is 0 Å². The first-order chi connectivity index (χ1) is 39.2. The van der Waals surface area contributed by atoms with Gasteiger partial charge in [-0.25, -0.2) is 0 Å². The fourth-order valence-corrected chi connectivity index (χ4v) is 15.3. The summed E-state index contributed by atoms with van der Waals surface area (Å²) in [6.45, 7) is 38.1. The third-order valence-corrected chi connectivity index (χ3v) is 20.2. The molecule has 9 aromatic carbocycles. The molecule has 0 N–H and O–H groups in total. The Morgan fingerprint density at radius 2 is 0.916 bits per heavy atom. The number of hydrogen-bond donors (Lipinski definition) is 0. The number of rotatable bonds is 5. The molecule has 1 aromatic heterocycles. The molecule has 0 spiro atoms. The predicted octanol–water partition coefficient (Wildman–Crippen LogP) is 19.7. The van der Waals surface area contributed by atoms with Crippen LogP contribution in [0.15, 0.2) is 174 Å². The van der Waals surface area contributed by atoms with E-state index in [4.69, 9.17) is 4.42 Å². The summed E-state index contributed by atoms with van der Waals surface area (Å²) in [6, 6.07) is 65.9. The third kappa shape index (κ3) is 7.99. The highest BCUT2D eigenvalue weighted by atomic mass is 16.3. The van der Waals surface area contributed by atoms with E-state index in [0.717, 1.165) is 56.8 Å². The number of furan rings is 1. The first kappa shape index (κ1) is 53.3. The molecule has 5 heteroatoms. The molecule has 3 heterocycles. The number of benzene rings is 9. The second kappa shape index (κ2) is 17.9. The average Bonchev–Trinajstić information content (AvgIpc) is 0.965. The van der Waals surface area contributed by atoms with Crippen LogP contribution in [0, 0.1) is 13.8 Å². The van der Waals surface area contributed by atoms with Crippen molar-refractivity contribution in [2.45, 2.75) is 156 Å². The van der Waals surface area contributed by atoms with Crippen LogP contribution in [0.3, 0.4) is 0 Å². The second-order valence-corrected chi connectivity index (χ2v) is 29.4. The van der Waals surface area contributed by atoms with Crippen molar-refractivity contribution >= 4 is 96.2 Å². The zero-order chi connectivity index (χ0) is 58.2. The molecular formula is C78H80BN3O. The maximum Gasteiger partial charge on any atom is 0.252 e. The Labute approximate surface area is 494 Å². The third-order valence-electron chi connectivity index (χ3n) is 20.2. The second-order valence-electron chi connectivity index (χ2n) is 29.4. The predicted molar refractivity (Wildman–Crippen MR) is 355 cm³/mol. The van der Waals surface area contributed by atoms with Crippen LogP contribution in [0.4, 0.5) is 51.2 Å². The molecule has 4 nitrogen and oxygen atoms in total. The van der Waals surface area contributed by atoms with E-state index in [1.165, 1.54) is 101 Å². The van der Waals surface area contributed by atoms with Crippen molar-refractivity contribution in [1.82, 2.24) is 0 Å². The van der Waals surface area contributed by atoms with Crippen LogP contribution in [-0.2, 0) is 32.5 Å². The van der Waals surface area contributed by atoms with E-state index in [1.54, 1.807) is 0 Å². The Kier molecular flexibility index (Phi) is 11.5. The van der Waals surface area contributed by atoms with Crippen LogP contribution in [0.25, 0.3) is 21.9 Å². The van der Waals surface area contributed by atoms with E-state index in [9.17, 15) is 0 Å². The number of para-hydroxylation sites is 1. The van der Waals surface area contributed by atoms with Gasteiger partial charge in [-0.05, 0) is 199 Å². The molecule has 2 aliphatic carbocycles. The van der Waals surface area contributed by atoms with E-state index in [2.05, 4.69) is 295 Å². The molecule has 0 bridgehead atoms. The molecule has 0 atom stereocenters. The molecular weight excluding hydrogens is 1010 g/mol. The molecule has 416 valence electrons. The van der Waals surface area contributed by atoms with Crippen LogP contribution in [0.5, 0.6) is 0 Å². The van der Waals surface area contributed by atoms with Gasteiger partial charge in [0.05, 0.1) is 11.1 Å². The van der Waals surface area contributed by atoms with Crippen molar-refractivity contribution in [3.63, 3.8) is 0 Å². The Morgan fingerprint density at radius 1 is 0.422 bits per heavy atom. The van der Waals surface area contributed by atoms with Crippen LogP contribution >= 0.6 is 0 Å². The lowest BCUT2D eigenvalue weighted by atomic mass is 9.33. The van der Waals surface area contributed by atoms with Gasteiger partial charge in [-0.15, -0.1) is 0 Å². The minimum Gasteiger partial charge on any atom is -0.456 e. The zero-order valence-electron chi connectivity index (χ0n) is 51.9. The lowest BCUT2D eigenvalue weighted by molar-refractivity contribution is 0.332. The van der Waals surface area contributed by atoms with Gasteiger partial charge in [0.1, 0.15) is 11.2 Å². The summed E-state index contributed by atoms with van der Waals surface area (Å²) in [4.78, 5) is 7.80. The summed E-state index contributed by atoms with van der Waals surface area (Å²) < 4.78 is 6.79. The van der Waals surface area contributed by atoms with Gasteiger partial charge >= 0.3 is 0 Å². The molecule has 4 aliphatic rings. The minimum absolute atomic E-state index is 0.0122. The first-order valence-corrected chi connectivity index (χ1v) is 30.5. The Hall–Kier alpha value is -7.76. The van der Waals surface area contributed by atoms with E-state index < -0.39 is 0 Å². The normalized spacial score (nSPS) is 16.9. The lowest BCUT2D eigenvalue weighted by Gasteiger charge is -2.49. The summed E-state index contributed by atoms with van der Waals surface area (Å²) in [5.41, 5.74) is 29.6. The summed E-state index contributed by atoms with van der Waals surface area (Å²) >= 11 is 0. The number of nitrogens with zero attached hydrogens (tertiary/aromatic N) is 3. The maximum atomic E-state index is 6.79. The van der Waals surface area contributed by atoms with Crippen LogP contribution in [-0.4, -0.2) is 6.71 Å². The Morgan fingerprint density at radius 3 is 1.51 bits per heavy atom. The average molecular weight is 1090 g/mol. The van der Waals surface area contributed by atoms with Gasteiger partial charge in [0.15, 0.2) is 0 Å². The largest absolute Gasteiger partial charge is 0.456 e. The SMILES string of the molecule is Cc1cc2c3c(c1)N(c1cccc4oc5ccccc5c14)c1cc(N(c4ccc(C(C)(C)C)cc4)c4ccc(C(C)(C)C)cc4)ccc1B3c1cc3c(cc1N2c1cc2c(cc1C)C(C)(C)CCC2(C)C)C(C)(C)c1ccccc1C3(C)C. The Bertz CT molecular complexity index is 4270. The van der Waals surface area contributed by atoms with Crippen molar-refractivity contribution < 1.29 is 4.42 Å². The van der Waals surface area contributed by atoms with Crippen molar-refractivity contribution in [3.8, 4) is 0 Å². The summed E-state index contributed by atoms with van der Waals surface area (Å²) in [7, 11) is 0. The van der Waals surface area contributed by atoms with Crippen molar-refractivity contribution in [2.24, 2.45) is 0 Å². The number of aryl methyl sites for hydroxylation is 2. The standard InChI is InChI=1S/C78H80BN3O/c1-47-40-67-72-68(41-47)82(64-45-58-57(42-48(64)2)75(9,10)38-39-76(58,11)12)66-46-60-59(77(13,14)55-23-18-19-24-56(55)78(60,15)16)44-62(66)79(72)61-37-36-53(43-65(61)81(67)63-25-21-27-70-71(63)54-22-17-20-26-69(54)83-70)80(51-32-28-49(29-33-51)73(3,4)5)52-34-30-50(31-35-52)74(6,7)8/h17-37,40-46H,38-39H2,1-16H3. The van der Waals surface area contributed by atoms with Crippen molar-refractivity contribution in [1.29, 1.82) is 0 Å². The molecule has 83 heavy (non-hydrogen) atoms. The topological polar surface area (TPSA) is 22.9 Å². The summed E-state index contributed by atoms with van der Waals surface area (Å²) in [5.74, 6) is 0. The molecule has 10 aromatic rings. The smallest absolute Gasteiger partial charge is 0.252 e. The fraction of sp³-hybridized carbons (Fsp3) is 0.308. The number of fused-ring (bicyclic) bond motifs is 10. The molecule has 14 rings (SSSR count). The fourth-order valence-electron chi connectivity index (χ4n) is 15.3. The quantitative estimate of drug-likeness (QED) is 0.160. The van der Waals surface area contributed by atoms with Crippen LogP contribution in [0.1, 0.15) is 165 Å². The van der Waals surface area contributed by atoms with Gasteiger partial charge in [0.25, 0.3) is 6.71 Å². The molecule has 0 saturated heterocycles. The van der Waals surface area contributed by atoms with Crippen LogP contribution < -0.4 is 31.1 Å². The van der Waals surface area contributed by atoms with E-state index in [-0.39, 0.29) is 39.2 Å². The van der Waals surface area contributed by atoms with Crippen molar-refractivity contribution in [3.05, 3.63) is 225 Å². The zero-order valence-corrected chi connectivity index (χ0v) is 51.9. The van der Waals surface area contributed by atoms with Gasteiger partial charge in [0, 0.05) is 61.7 Å². The number of hydrogen-bond acceptors (Lipinski definition) is 4. The lowest BCUT2D eigenvalue weighted by Crippen LogP contribution is -2.62. The van der Waals surface area contributed by atoms with Gasteiger partial charge in [-0.2, -0.15) is 0 Å². The van der Waals surface area contributed by atoms with E-state index >= 15 is 0 Å². The molecule has 0 amide bonds. The van der Waals surface area contributed by atoms with E-state index in [0.29, 0.717) is 0 Å². The maximum absolute atomic E-state index is 6.79. The highest BCUT2D eigenvalue weighted by Crippen LogP contribution is 2.56. The van der Waals surface area contributed by atoms with Gasteiger partial charge < -0.3 is 19.1 Å². The molecule has 0 unspecified atom stereocenters. The molecule has 0 saturated carbocycles. The first-order valence-electron chi connectivity index (χ1n) is 30.5. The molecule has 2 aliphatic heterocycles.